The van der Waals surface area contributed by atoms with Crippen LogP contribution in [-0.4, -0.2) is 44.2 Å². The summed E-state index contributed by atoms with van der Waals surface area (Å²) >= 11 is 0. The second-order valence-electron chi connectivity index (χ2n) is 6.84. The lowest BCUT2D eigenvalue weighted by Gasteiger charge is -2.53. The van der Waals surface area contributed by atoms with Gasteiger partial charge in [0.2, 0.25) is 0 Å². The second kappa shape index (κ2) is 3.95. The molecule has 4 nitrogen and oxygen atoms in total. The molecule has 0 saturated carbocycles. The van der Waals surface area contributed by atoms with Crippen molar-refractivity contribution in [3.63, 3.8) is 0 Å². The molecule has 1 aliphatic rings. The highest BCUT2D eigenvalue weighted by atomic mass is 16.5. The zero-order chi connectivity index (χ0) is 13.6. The molecule has 2 N–H and O–H groups in total. The van der Waals surface area contributed by atoms with Crippen LogP contribution in [-0.2, 0) is 4.79 Å². The summed E-state index contributed by atoms with van der Waals surface area (Å²) in [6.07, 6.45) is 0.658. The smallest absolute Gasteiger partial charge is 0.250 e. The average molecular weight is 243 g/mol. The lowest BCUT2D eigenvalue weighted by molar-refractivity contribution is -0.257. The molecule has 1 amide bonds. The van der Waals surface area contributed by atoms with E-state index in [-0.39, 0.29) is 17.0 Å². The predicted molar refractivity (Wildman–Crippen MR) is 69.7 cm³/mol. The van der Waals surface area contributed by atoms with E-state index in [1.165, 1.54) is 5.06 Å². The number of amides is 1. The fourth-order valence-corrected chi connectivity index (χ4v) is 2.43. The number of carbonyl (C=O) groups excluding carboxylic acids is 1. The van der Waals surface area contributed by atoms with Crippen molar-refractivity contribution in [2.24, 2.45) is 0 Å². The topological polar surface area (TPSA) is 46.5 Å². The number of hydrogen-bond acceptors (Lipinski definition) is 2. The Morgan fingerprint density at radius 2 is 1.76 bits per heavy atom. The Bertz CT molecular complexity index is 320. The molecule has 1 heterocycles. The van der Waals surface area contributed by atoms with Crippen LogP contribution in [0.2, 0.25) is 0 Å². The Morgan fingerprint density at radius 1 is 1.29 bits per heavy atom. The maximum Gasteiger partial charge on any atom is 0.250 e. The summed E-state index contributed by atoms with van der Waals surface area (Å²) in [4.78, 5) is 14.5. The maximum atomic E-state index is 12.6. The van der Waals surface area contributed by atoms with Crippen LogP contribution in [0.15, 0.2) is 0 Å². The van der Waals surface area contributed by atoms with Crippen LogP contribution in [0.4, 0.5) is 0 Å². The summed E-state index contributed by atoms with van der Waals surface area (Å²) in [7, 11) is 0. The van der Waals surface area contributed by atoms with Crippen LogP contribution in [0.1, 0.15) is 54.9 Å². The standard InChI is InChI=1S/C13H26N2O2/c1-8-13(7)10(16)14(11(2,3)4)9-12(5,6)15(13)17/h17H,8-9H2,1-7H3/p+1. The second-order valence-corrected chi connectivity index (χ2v) is 6.84. The van der Waals surface area contributed by atoms with Gasteiger partial charge in [-0.3, -0.25) is 4.79 Å². The Hall–Kier alpha value is -0.610. The van der Waals surface area contributed by atoms with E-state index in [0.717, 1.165) is 0 Å². The van der Waals surface area contributed by atoms with Gasteiger partial charge in [0.1, 0.15) is 5.54 Å². The predicted octanol–water partition coefficient (Wildman–Crippen LogP) is 1.52. The summed E-state index contributed by atoms with van der Waals surface area (Å²) in [6, 6.07) is 0. The van der Waals surface area contributed by atoms with E-state index in [9.17, 15) is 4.79 Å². The molecule has 1 fully saturated rings. The van der Waals surface area contributed by atoms with Crippen LogP contribution in [0.25, 0.3) is 0 Å². The van der Waals surface area contributed by atoms with Crippen LogP contribution in [0.5, 0.6) is 0 Å². The van der Waals surface area contributed by atoms with E-state index in [4.69, 9.17) is 5.21 Å². The molecule has 17 heavy (non-hydrogen) atoms. The third-order valence-corrected chi connectivity index (χ3v) is 3.85. The van der Waals surface area contributed by atoms with Crippen molar-refractivity contribution in [2.45, 2.75) is 71.5 Å². The van der Waals surface area contributed by atoms with E-state index in [1.807, 2.05) is 32.6 Å². The highest BCUT2D eigenvalue weighted by Crippen LogP contribution is 2.36. The van der Waals surface area contributed by atoms with Crippen molar-refractivity contribution >= 4 is 5.91 Å². The van der Waals surface area contributed by atoms with Gasteiger partial charge in [-0.05, 0) is 48.0 Å². The quantitative estimate of drug-likeness (QED) is 0.655. The average Bonchev–Trinajstić information content (AvgIpc) is 2.19. The first kappa shape index (κ1) is 14.5. The van der Waals surface area contributed by atoms with Gasteiger partial charge in [0.05, 0.1) is 0 Å². The molecule has 1 saturated heterocycles. The van der Waals surface area contributed by atoms with Crippen LogP contribution >= 0.6 is 0 Å². The molecule has 1 rings (SSSR count). The summed E-state index contributed by atoms with van der Waals surface area (Å²) in [5, 5.41) is 9.73. The zero-order valence-corrected chi connectivity index (χ0v) is 12.2. The zero-order valence-electron chi connectivity index (χ0n) is 12.2. The van der Waals surface area contributed by atoms with E-state index in [0.29, 0.717) is 13.0 Å². The van der Waals surface area contributed by atoms with E-state index >= 15 is 0 Å². The SMILES string of the molecule is CCC1(C)C(=O)N(C(C)(C)C)CC(C)(C)N1[OH2+]. The van der Waals surface area contributed by atoms with E-state index in [1.54, 1.807) is 0 Å². The van der Waals surface area contributed by atoms with Gasteiger partial charge >= 0.3 is 0 Å². The molecule has 0 aromatic carbocycles. The molecule has 1 unspecified atom stereocenters. The Morgan fingerprint density at radius 3 is 2.12 bits per heavy atom. The lowest BCUT2D eigenvalue weighted by atomic mass is 9.84. The molecule has 0 bridgehead atoms. The number of hydrogen-bond donors (Lipinski definition) is 0. The molecule has 0 aliphatic carbocycles. The maximum absolute atomic E-state index is 12.6. The molecule has 0 aromatic heterocycles. The molecule has 0 spiro atoms. The van der Waals surface area contributed by atoms with Gasteiger partial charge in [0.15, 0.2) is 5.54 Å². The fraction of sp³-hybridized carbons (Fsp3) is 0.923. The number of hydroxylamine groups is 2. The van der Waals surface area contributed by atoms with Gasteiger partial charge < -0.3 is 10.1 Å². The molecule has 100 valence electrons. The van der Waals surface area contributed by atoms with Gasteiger partial charge in [0, 0.05) is 12.1 Å². The highest BCUT2D eigenvalue weighted by molar-refractivity contribution is 5.87. The highest BCUT2D eigenvalue weighted by Gasteiger charge is 2.57. The Labute approximate surface area is 105 Å². The molecular weight excluding hydrogens is 216 g/mol. The lowest BCUT2D eigenvalue weighted by Crippen LogP contribution is -2.73. The normalized spacial score (nSPS) is 30.8. The number of rotatable bonds is 1. The third-order valence-electron chi connectivity index (χ3n) is 3.85. The fourth-order valence-electron chi connectivity index (χ4n) is 2.43. The molecule has 0 radical (unpaired) electrons. The van der Waals surface area contributed by atoms with Gasteiger partial charge in [-0.25, -0.2) is 0 Å². The van der Waals surface area contributed by atoms with Gasteiger partial charge in [-0.2, -0.15) is 0 Å². The minimum absolute atomic E-state index is 0.0711. The van der Waals surface area contributed by atoms with Crippen molar-refractivity contribution in [1.29, 1.82) is 0 Å². The number of nitrogens with zero attached hydrogens (tertiary/aromatic N) is 2. The largest absolute Gasteiger partial charge is 0.337 e. The van der Waals surface area contributed by atoms with Crippen LogP contribution in [0.3, 0.4) is 0 Å². The molecule has 4 heteroatoms. The van der Waals surface area contributed by atoms with E-state index in [2.05, 4.69) is 20.8 Å². The summed E-state index contributed by atoms with van der Waals surface area (Å²) in [5.41, 5.74) is -1.22. The van der Waals surface area contributed by atoms with Crippen molar-refractivity contribution in [3.05, 3.63) is 0 Å². The first-order valence-electron chi connectivity index (χ1n) is 6.30. The Balaban J connectivity index is 3.22. The van der Waals surface area contributed by atoms with Gasteiger partial charge in [-0.1, -0.05) is 12.0 Å². The first-order valence-corrected chi connectivity index (χ1v) is 6.30. The van der Waals surface area contributed by atoms with Crippen molar-refractivity contribution in [2.75, 3.05) is 6.54 Å². The van der Waals surface area contributed by atoms with Crippen molar-refractivity contribution in [1.82, 2.24) is 9.96 Å². The monoisotopic (exact) mass is 243 g/mol. The summed E-state index contributed by atoms with van der Waals surface area (Å²) in [6.45, 7) is 14.7. The summed E-state index contributed by atoms with van der Waals surface area (Å²) in [5.74, 6) is 0.0711. The molecule has 1 atom stereocenters. The molecular formula is C13H27N2O2+. The number of piperazine rings is 1. The molecule has 1 aliphatic heterocycles. The van der Waals surface area contributed by atoms with Gasteiger partial charge in [0.25, 0.3) is 5.91 Å². The van der Waals surface area contributed by atoms with Gasteiger partial charge in [-0.15, -0.1) is 0 Å². The Kier molecular flexibility index (Phi) is 3.36. The van der Waals surface area contributed by atoms with Crippen molar-refractivity contribution in [3.8, 4) is 0 Å². The van der Waals surface area contributed by atoms with E-state index < -0.39 is 5.54 Å². The van der Waals surface area contributed by atoms with Crippen LogP contribution < -0.4 is 0 Å². The first-order chi connectivity index (χ1) is 7.47. The molecule has 0 aromatic rings. The van der Waals surface area contributed by atoms with Crippen LogP contribution in [0, 0.1) is 0 Å². The minimum atomic E-state index is -0.713. The van der Waals surface area contributed by atoms with Crippen molar-refractivity contribution < 1.29 is 10.0 Å². The summed E-state index contributed by atoms with van der Waals surface area (Å²) < 4.78 is 0. The number of carbonyl (C=O) groups is 1. The third kappa shape index (κ3) is 2.20. The minimum Gasteiger partial charge on any atom is -0.337 e.